The van der Waals surface area contributed by atoms with Crippen LogP contribution in [0.15, 0.2) is 24.3 Å². The summed E-state index contributed by atoms with van der Waals surface area (Å²) in [5, 5.41) is 0.0242. The highest BCUT2D eigenvalue weighted by Crippen LogP contribution is 2.34. The van der Waals surface area contributed by atoms with E-state index < -0.39 is 0 Å². The van der Waals surface area contributed by atoms with Crippen molar-refractivity contribution in [1.82, 2.24) is 0 Å². The summed E-state index contributed by atoms with van der Waals surface area (Å²) in [4.78, 5) is 0. The molecule has 0 fully saturated rings. The van der Waals surface area contributed by atoms with Crippen LogP contribution in [0.2, 0.25) is 0 Å². The fraction of sp³-hybridized carbons (Fsp3) is 0.455. The summed E-state index contributed by atoms with van der Waals surface area (Å²) in [7, 11) is 1.67. The van der Waals surface area contributed by atoms with Crippen molar-refractivity contribution in [2.24, 2.45) is 5.92 Å². The van der Waals surface area contributed by atoms with Crippen LogP contribution in [0.3, 0.4) is 0 Å². The maximum Gasteiger partial charge on any atom is 0.123 e. The lowest BCUT2D eigenvalue weighted by atomic mass is 10.0. The number of rotatable bonds is 3. The van der Waals surface area contributed by atoms with Gasteiger partial charge < -0.3 is 4.74 Å². The Morgan fingerprint density at radius 2 is 1.85 bits per heavy atom. The molecule has 1 nitrogen and oxygen atoms in total. The number of methoxy groups -OCH3 is 1. The monoisotopic (exact) mass is 198 g/mol. The lowest BCUT2D eigenvalue weighted by Crippen LogP contribution is -2.01. The van der Waals surface area contributed by atoms with Crippen LogP contribution in [0.4, 0.5) is 0 Å². The van der Waals surface area contributed by atoms with Crippen LogP contribution in [0.25, 0.3) is 0 Å². The Bertz CT molecular complexity index is 271. The van der Waals surface area contributed by atoms with Gasteiger partial charge >= 0.3 is 0 Å². The summed E-state index contributed by atoms with van der Waals surface area (Å²) >= 11 is 6.25. The zero-order valence-electron chi connectivity index (χ0n) is 8.25. The Balaban J connectivity index is 2.98. The molecular formula is C11H15ClO. The quantitative estimate of drug-likeness (QED) is 0.674. The molecule has 13 heavy (non-hydrogen) atoms. The summed E-state index contributed by atoms with van der Waals surface area (Å²) in [5.41, 5.74) is 1.07. The van der Waals surface area contributed by atoms with Crippen LogP contribution < -0.4 is 4.74 Å². The highest BCUT2D eigenvalue weighted by Gasteiger charge is 2.15. The van der Waals surface area contributed by atoms with E-state index in [1.165, 1.54) is 0 Å². The molecular weight excluding hydrogens is 184 g/mol. The Morgan fingerprint density at radius 1 is 1.23 bits per heavy atom. The highest BCUT2D eigenvalue weighted by atomic mass is 35.5. The summed E-state index contributed by atoms with van der Waals surface area (Å²) in [6.07, 6.45) is 0. The van der Waals surface area contributed by atoms with E-state index >= 15 is 0 Å². The lowest BCUT2D eigenvalue weighted by molar-refractivity contribution is 0.405. The second-order valence-corrected chi connectivity index (χ2v) is 3.86. The van der Waals surface area contributed by atoms with Gasteiger partial charge in [0, 0.05) is 5.56 Å². The molecule has 0 radical (unpaired) electrons. The van der Waals surface area contributed by atoms with Crippen molar-refractivity contribution in [2.45, 2.75) is 19.2 Å². The Hall–Kier alpha value is -0.690. The summed E-state index contributed by atoms with van der Waals surface area (Å²) in [5.74, 6) is 1.29. The van der Waals surface area contributed by atoms with E-state index in [1.807, 2.05) is 24.3 Å². The highest BCUT2D eigenvalue weighted by molar-refractivity contribution is 6.21. The lowest BCUT2D eigenvalue weighted by Gasteiger charge is -2.16. The van der Waals surface area contributed by atoms with Crippen molar-refractivity contribution in [2.75, 3.05) is 7.11 Å². The molecule has 2 heteroatoms. The third-order valence-corrected chi connectivity index (χ3v) is 2.76. The van der Waals surface area contributed by atoms with Crippen molar-refractivity contribution >= 4 is 11.6 Å². The largest absolute Gasteiger partial charge is 0.496 e. The second kappa shape index (κ2) is 4.52. The van der Waals surface area contributed by atoms with Gasteiger partial charge in [-0.3, -0.25) is 0 Å². The van der Waals surface area contributed by atoms with Crippen molar-refractivity contribution in [1.29, 1.82) is 0 Å². The Labute approximate surface area is 84.7 Å². The minimum absolute atomic E-state index is 0.0242. The number of alkyl halides is 1. The minimum atomic E-state index is 0.0242. The molecule has 0 aliphatic heterocycles. The summed E-state index contributed by atoms with van der Waals surface area (Å²) < 4.78 is 5.23. The minimum Gasteiger partial charge on any atom is -0.496 e. The Morgan fingerprint density at radius 3 is 2.38 bits per heavy atom. The molecule has 0 saturated heterocycles. The maximum atomic E-state index is 6.25. The first-order valence-corrected chi connectivity index (χ1v) is 4.87. The number of para-hydroxylation sites is 1. The van der Waals surface area contributed by atoms with Gasteiger partial charge in [0.15, 0.2) is 0 Å². The van der Waals surface area contributed by atoms with Crippen LogP contribution in [0.1, 0.15) is 24.8 Å². The van der Waals surface area contributed by atoms with Gasteiger partial charge in [-0.15, -0.1) is 11.6 Å². The fourth-order valence-corrected chi connectivity index (χ4v) is 1.43. The molecule has 0 amide bonds. The van der Waals surface area contributed by atoms with Crippen LogP contribution in [0.5, 0.6) is 5.75 Å². The Kier molecular flexibility index (Phi) is 3.61. The normalized spacial score (nSPS) is 13.0. The number of ether oxygens (including phenoxy) is 1. The molecule has 0 heterocycles. The molecule has 1 rings (SSSR count). The number of halogens is 1. The van der Waals surface area contributed by atoms with Crippen molar-refractivity contribution in [3.63, 3.8) is 0 Å². The van der Waals surface area contributed by atoms with E-state index in [2.05, 4.69) is 13.8 Å². The van der Waals surface area contributed by atoms with Crippen molar-refractivity contribution < 1.29 is 4.74 Å². The molecule has 1 aromatic carbocycles. The maximum absolute atomic E-state index is 6.25. The van der Waals surface area contributed by atoms with E-state index in [4.69, 9.17) is 16.3 Å². The van der Waals surface area contributed by atoms with Gasteiger partial charge in [0.2, 0.25) is 0 Å². The predicted molar refractivity (Wildman–Crippen MR) is 56.4 cm³/mol. The van der Waals surface area contributed by atoms with Crippen LogP contribution in [-0.4, -0.2) is 7.11 Å². The van der Waals surface area contributed by atoms with E-state index in [0.717, 1.165) is 11.3 Å². The molecule has 0 aromatic heterocycles. The SMILES string of the molecule is COc1ccccc1C(Cl)C(C)C. The molecule has 0 aliphatic rings. The average Bonchev–Trinajstić information content (AvgIpc) is 2.16. The fourth-order valence-electron chi connectivity index (χ4n) is 1.25. The van der Waals surface area contributed by atoms with Crippen LogP contribution in [0, 0.1) is 5.92 Å². The van der Waals surface area contributed by atoms with E-state index in [9.17, 15) is 0 Å². The molecule has 0 saturated carbocycles. The van der Waals surface area contributed by atoms with Crippen LogP contribution in [-0.2, 0) is 0 Å². The third-order valence-electron chi connectivity index (χ3n) is 2.02. The van der Waals surface area contributed by atoms with E-state index in [-0.39, 0.29) is 5.38 Å². The molecule has 0 aliphatic carbocycles. The third kappa shape index (κ3) is 2.38. The van der Waals surface area contributed by atoms with Crippen LogP contribution >= 0.6 is 11.6 Å². The standard InChI is InChI=1S/C11H15ClO/c1-8(2)11(12)9-6-4-5-7-10(9)13-3/h4-8,11H,1-3H3. The smallest absolute Gasteiger partial charge is 0.123 e. The number of hydrogen-bond donors (Lipinski definition) is 0. The van der Waals surface area contributed by atoms with Gasteiger partial charge in [0.25, 0.3) is 0 Å². The van der Waals surface area contributed by atoms with Gasteiger partial charge in [-0.25, -0.2) is 0 Å². The predicted octanol–water partition coefficient (Wildman–Crippen LogP) is 3.63. The molecule has 1 atom stereocenters. The molecule has 72 valence electrons. The molecule has 0 bridgehead atoms. The number of benzene rings is 1. The molecule has 1 aromatic rings. The van der Waals surface area contributed by atoms with Gasteiger partial charge in [0.1, 0.15) is 5.75 Å². The average molecular weight is 199 g/mol. The summed E-state index contributed by atoms with van der Waals surface area (Å²) in [6, 6.07) is 7.88. The van der Waals surface area contributed by atoms with Gasteiger partial charge in [0.05, 0.1) is 12.5 Å². The molecule has 0 spiro atoms. The van der Waals surface area contributed by atoms with Gasteiger partial charge in [-0.2, -0.15) is 0 Å². The first-order chi connectivity index (χ1) is 6.16. The molecule has 1 unspecified atom stereocenters. The first-order valence-electron chi connectivity index (χ1n) is 4.43. The van der Waals surface area contributed by atoms with Gasteiger partial charge in [-0.05, 0) is 12.0 Å². The second-order valence-electron chi connectivity index (χ2n) is 3.39. The topological polar surface area (TPSA) is 9.23 Å². The first kappa shape index (κ1) is 10.4. The zero-order valence-corrected chi connectivity index (χ0v) is 9.01. The zero-order chi connectivity index (χ0) is 9.84. The molecule has 0 N–H and O–H groups in total. The van der Waals surface area contributed by atoms with E-state index in [1.54, 1.807) is 7.11 Å². The number of hydrogen-bond acceptors (Lipinski definition) is 1. The van der Waals surface area contributed by atoms with Crippen molar-refractivity contribution in [3.05, 3.63) is 29.8 Å². The summed E-state index contributed by atoms with van der Waals surface area (Å²) in [6.45, 7) is 4.20. The van der Waals surface area contributed by atoms with Gasteiger partial charge in [-0.1, -0.05) is 32.0 Å². The van der Waals surface area contributed by atoms with E-state index in [0.29, 0.717) is 5.92 Å². The van der Waals surface area contributed by atoms with Crippen molar-refractivity contribution in [3.8, 4) is 5.75 Å².